The number of nitrogens with zero attached hydrogens (tertiary/aromatic N) is 1. The predicted molar refractivity (Wildman–Crippen MR) is 88.0 cm³/mol. The van der Waals surface area contributed by atoms with Gasteiger partial charge in [0.1, 0.15) is 4.90 Å². The number of nitriles is 1. The fourth-order valence-electron chi connectivity index (χ4n) is 2.40. The van der Waals surface area contributed by atoms with E-state index >= 15 is 0 Å². The molecule has 0 saturated heterocycles. The minimum absolute atomic E-state index is 0.0288. The monoisotopic (exact) mass is 392 g/mol. The van der Waals surface area contributed by atoms with E-state index in [1.807, 2.05) is 27.7 Å². The lowest BCUT2D eigenvalue weighted by Gasteiger charge is -2.23. The van der Waals surface area contributed by atoms with Crippen LogP contribution in [0.5, 0.6) is 0 Å². The summed E-state index contributed by atoms with van der Waals surface area (Å²) in [5.74, 6) is -0.136. The standard InChI is InChI=1S/C14H18BrClN2O2S/c1-7(2)10-9(5-6-17)12(15)11(8(3)4)14(13(10)16)21(18,19)20/h7-8H,5H2,1-4H3,(H2,18,19,20). The highest BCUT2D eigenvalue weighted by atomic mass is 79.9. The zero-order valence-corrected chi connectivity index (χ0v) is 15.5. The highest BCUT2D eigenvalue weighted by Gasteiger charge is 2.29. The van der Waals surface area contributed by atoms with Crippen LogP contribution in [-0.2, 0) is 16.4 Å². The van der Waals surface area contributed by atoms with Crippen LogP contribution in [0.2, 0.25) is 5.02 Å². The van der Waals surface area contributed by atoms with Crippen molar-refractivity contribution in [2.24, 2.45) is 5.14 Å². The van der Waals surface area contributed by atoms with Gasteiger partial charge in [0, 0.05) is 4.47 Å². The van der Waals surface area contributed by atoms with Crippen LogP contribution in [0.3, 0.4) is 0 Å². The molecule has 0 fully saturated rings. The second-order valence-corrected chi connectivity index (χ2v) is 8.12. The first-order chi connectivity index (χ1) is 9.53. The highest BCUT2D eigenvalue weighted by Crippen LogP contribution is 2.43. The smallest absolute Gasteiger partial charge is 0.225 e. The lowest BCUT2D eigenvalue weighted by Crippen LogP contribution is -2.19. The largest absolute Gasteiger partial charge is 0.239 e. The predicted octanol–water partition coefficient (Wildman–Crippen LogP) is 4.06. The van der Waals surface area contributed by atoms with Crippen LogP contribution in [-0.4, -0.2) is 8.42 Å². The summed E-state index contributed by atoms with van der Waals surface area (Å²) in [5, 5.41) is 14.5. The average Bonchev–Trinajstić information content (AvgIpc) is 2.30. The van der Waals surface area contributed by atoms with Gasteiger partial charge in [0.05, 0.1) is 17.5 Å². The molecule has 7 heteroatoms. The van der Waals surface area contributed by atoms with Gasteiger partial charge in [0.25, 0.3) is 0 Å². The number of primary sulfonamides is 1. The van der Waals surface area contributed by atoms with Gasteiger partial charge >= 0.3 is 0 Å². The lowest BCUT2D eigenvalue weighted by atomic mass is 9.90. The molecule has 0 spiro atoms. The van der Waals surface area contributed by atoms with Crippen molar-refractivity contribution in [2.75, 3.05) is 0 Å². The Morgan fingerprint density at radius 3 is 2.05 bits per heavy atom. The Labute approximate surface area is 139 Å². The summed E-state index contributed by atoms with van der Waals surface area (Å²) in [6.45, 7) is 7.51. The first kappa shape index (κ1) is 18.4. The number of hydrogen-bond donors (Lipinski definition) is 1. The van der Waals surface area contributed by atoms with E-state index in [1.165, 1.54) is 0 Å². The van der Waals surface area contributed by atoms with Crippen LogP contribution in [0, 0.1) is 11.3 Å². The third kappa shape index (κ3) is 3.59. The van der Waals surface area contributed by atoms with Crippen molar-refractivity contribution < 1.29 is 8.42 Å². The summed E-state index contributed by atoms with van der Waals surface area (Å²) in [7, 11) is -3.96. The zero-order valence-electron chi connectivity index (χ0n) is 12.4. The lowest BCUT2D eigenvalue weighted by molar-refractivity contribution is 0.595. The number of benzene rings is 1. The molecular formula is C14H18BrClN2O2S. The van der Waals surface area contributed by atoms with E-state index in [0.29, 0.717) is 15.6 Å². The molecule has 0 bridgehead atoms. The van der Waals surface area contributed by atoms with Crippen molar-refractivity contribution in [2.45, 2.75) is 50.8 Å². The Morgan fingerprint density at radius 2 is 1.71 bits per heavy atom. The molecule has 0 radical (unpaired) electrons. The Balaban J connectivity index is 4.05. The van der Waals surface area contributed by atoms with Gasteiger partial charge in [-0.05, 0) is 28.5 Å². The van der Waals surface area contributed by atoms with Crippen LogP contribution in [0.15, 0.2) is 9.37 Å². The summed E-state index contributed by atoms with van der Waals surface area (Å²) >= 11 is 9.81. The molecule has 1 aromatic rings. The van der Waals surface area contributed by atoms with E-state index in [-0.39, 0.29) is 28.2 Å². The molecule has 4 nitrogen and oxygen atoms in total. The van der Waals surface area contributed by atoms with Crippen molar-refractivity contribution in [3.8, 4) is 6.07 Å². The number of sulfonamides is 1. The van der Waals surface area contributed by atoms with Crippen LogP contribution >= 0.6 is 27.5 Å². The van der Waals surface area contributed by atoms with Crippen LogP contribution in [0.1, 0.15) is 56.2 Å². The molecule has 0 unspecified atom stereocenters. The second-order valence-electron chi connectivity index (χ2n) is 5.45. The van der Waals surface area contributed by atoms with E-state index in [0.717, 1.165) is 5.56 Å². The SMILES string of the molecule is CC(C)c1c(Cl)c(S(N)(=O)=O)c(C(C)C)c(Br)c1CC#N. The Bertz CT molecular complexity index is 707. The summed E-state index contributed by atoms with van der Waals surface area (Å²) in [6, 6.07) is 2.10. The Kier molecular flexibility index (Phi) is 5.84. The molecule has 1 rings (SSSR count). The minimum Gasteiger partial charge on any atom is -0.225 e. The molecule has 21 heavy (non-hydrogen) atoms. The maximum atomic E-state index is 12.0. The molecule has 0 heterocycles. The molecule has 116 valence electrons. The third-order valence-corrected chi connectivity index (χ3v) is 5.61. The molecule has 0 aliphatic rings. The fraction of sp³-hybridized carbons (Fsp3) is 0.500. The van der Waals surface area contributed by atoms with E-state index in [4.69, 9.17) is 22.0 Å². The zero-order chi connectivity index (χ0) is 16.5. The quantitative estimate of drug-likeness (QED) is 0.837. The summed E-state index contributed by atoms with van der Waals surface area (Å²) in [4.78, 5) is -0.0450. The van der Waals surface area contributed by atoms with E-state index in [1.54, 1.807) is 0 Å². The van der Waals surface area contributed by atoms with Crippen molar-refractivity contribution in [3.05, 3.63) is 26.2 Å². The van der Waals surface area contributed by atoms with Gasteiger partial charge in [-0.25, -0.2) is 13.6 Å². The maximum absolute atomic E-state index is 12.0. The summed E-state index contributed by atoms with van der Waals surface area (Å²) in [5.41, 5.74) is 1.91. The molecule has 0 aromatic heterocycles. The topological polar surface area (TPSA) is 84.0 Å². The van der Waals surface area contributed by atoms with Gasteiger partial charge in [-0.3, -0.25) is 0 Å². The summed E-state index contributed by atoms with van der Waals surface area (Å²) in [6.07, 6.45) is 0.151. The van der Waals surface area contributed by atoms with Gasteiger partial charge in [-0.15, -0.1) is 0 Å². The first-order valence-corrected chi connectivity index (χ1v) is 9.19. The Hall–Kier alpha value is -0.610. The van der Waals surface area contributed by atoms with Crippen molar-refractivity contribution in [1.29, 1.82) is 5.26 Å². The first-order valence-electron chi connectivity index (χ1n) is 6.47. The van der Waals surface area contributed by atoms with E-state index < -0.39 is 10.0 Å². The van der Waals surface area contributed by atoms with Gasteiger partial charge in [0.15, 0.2) is 0 Å². The number of nitrogens with two attached hydrogens (primary N) is 1. The second kappa shape index (κ2) is 6.66. The van der Waals surface area contributed by atoms with E-state index in [2.05, 4.69) is 22.0 Å². The maximum Gasteiger partial charge on any atom is 0.239 e. The van der Waals surface area contributed by atoms with Crippen molar-refractivity contribution in [1.82, 2.24) is 0 Å². The summed E-state index contributed by atoms with van der Waals surface area (Å²) < 4.78 is 24.6. The molecule has 0 aliphatic carbocycles. The number of halogens is 2. The normalized spacial score (nSPS) is 12.0. The average molecular weight is 394 g/mol. The van der Waals surface area contributed by atoms with Gasteiger partial charge < -0.3 is 0 Å². The third-order valence-electron chi connectivity index (χ3n) is 3.20. The fourth-order valence-corrected chi connectivity index (χ4v) is 5.30. The molecule has 2 N–H and O–H groups in total. The highest BCUT2D eigenvalue weighted by molar-refractivity contribution is 9.10. The Morgan fingerprint density at radius 1 is 1.24 bits per heavy atom. The number of hydrogen-bond acceptors (Lipinski definition) is 3. The van der Waals surface area contributed by atoms with Gasteiger partial charge in [-0.2, -0.15) is 5.26 Å². The molecule has 0 saturated carbocycles. The molecular weight excluding hydrogens is 376 g/mol. The molecule has 0 atom stereocenters. The van der Waals surface area contributed by atoms with Crippen LogP contribution in [0.4, 0.5) is 0 Å². The van der Waals surface area contributed by atoms with Gasteiger partial charge in [0.2, 0.25) is 10.0 Å². The molecule has 1 aromatic carbocycles. The van der Waals surface area contributed by atoms with Gasteiger partial charge in [-0.1, -0.05) is 55.2 Å². The van der Waals surface area contributed by atoms with Crippen LogP contribution < -0.4 is 5.14 Å². The van der Waals surface area contributed by atoms with Crippen molar-refractivity contribution >= 4 is 37.6 Å². The minimum atomic E-state index is -3.96. The van der Waals surface area contributed by atoms with Crippen molar-refractivity contribution in [3.63, 3.8) is 0 Å². The molecule has 0 amide bonds. The van der Waals surface area contributed by atoms with E-state index in [9.17, 15) is 8.42 Å². The van der Waals surface area contributed by atoms with Crippen LogP contribution in [0.25, 0.3) is 0 Å². The molecule has 0 aliphatic heterocycles. The number of rotatable bonds is 4.